The van der Waals surface area contributed by atoms with Gasteiger partial charge >= 0.3 is 0 Å². The molecule has 2 aromatic carbocycles. The summed E-state index contributed by atoms with van der Waals surface area (Å²) in [5.41, 5.74) is 0.133. The Hall–Kier alpha value is -2.54. The van der Waals surface area contributed by atoms with Gasteiger partial charge in [-0.1, -0.05) is 23.9 Å². The number of phenols is 1. The van der Waals surface area contributed by atoms with Crippen molar-refractivity contribution in [3.05, 3.63) is 58.1 Å². The zero-order valence-electron chi connectivity index (χ0n) is 13.4. The number of carbonyl (C=O) groups is 1. The number of rotatable bonds is 6. The summed E-state index contributed by atoms with van der Waals surface area (Å²) in [5.74, 6) is -0.178. The fourth-order valence-electron chi connectivity index (χ4n) is 2.23. The predicted octanol–water partition coefficient (Wildman–Crippen LogP) is 3.93. The van der Waals surface area contributed by atoms with Crippen molar-refractivity contribution >= 4 is 23.4 Å². The first kappa shape index (κ1) is 17.8. The molecule has 0 heterocycles. The molecular formula is C17H18N2O4S. The standard InChI is InChI=1S/C17H18N2O4S/c1-3-18(4-2)17(21)12-9-10-15(13(11-12)19(22)23)24-16-8-6-5-7-14(16)20/h5-11,20H,3-4H2,1-2H3. The van der Waals surface area contributed by atoms with Crippen LogP contribution < -0.4 is 0 Å². The Bertz CT molecular complexity index is 760. The molecule has 0 aliphatic rings. The summed E-state index contributed by atoms with van der Waals surface area (Å²) in [6, 6.07) is 11.0. The highest BCUT2D eigenvalue weighted by Crippen LogP contribution is 2.39. The molecule has 0 unspecified atom stereocenters. The largest absolute Gasteiger partial charge is 0.507 e. The number of para-hydroxylation sites is 1. The number of phenolic OH excluding ortho intramolecular Hbond substituents is 1. The Balaban J connectivity index is 2.39. The molecule has 1 N–H and O–H groups in total. The summed E-state index contributed by atoms with van der Waals surface area (Å²) < 4.78 is 0. The number of amides is 1. The average molecular weight is 346 g/mol. The lowest BCUT2D eigenvalue weighted by Crippen LogP contribution is -2.30. The zero-order chi connectivity index (χ0) is 17.7. The van der Waals surface area contributed by atoms with Gasteiger partial charge in [0.05, 0.1) is 14.7 Å². The molecule has 0 spiro atoms. The maximum absolute atomic E-state index is 12.4. The van der Waals surface area contributed by atoms with Gasteiger partial charge in [-0.05, 0) is 38.1 Å². The van der Waals surface area contributed by atoms with Crippen molar-refractivity contribution in [1.82, 2.24) is 4.90 Å². The van der Waals surface area contributed by atoms with E-state index in [0.29, 0.717) is 22.9 Å². The Morgan fingerprint density at radius 3 is 2.42 bits per heavy atom. The molecule has 7 heteroatoms. The van der Waals surface area contributed by atoms with Crippen LogP contribution in [-0.4, -0.2) is 33.9 Å². The van der Waals surface area contributed by atoms with E-state index in [1.807, 2.05) is 13.8 Å². The highest BCUT2D eigenvalue weighted by molar-refractivity contribution is 7.99. The van der Waals surface area contributed by atoms with E-state index in [1.54, 1.807) is 35.2 Å². The second-order valence-electron chi connectivity index (χ2n) is 4.99. The van der Waals surface area contributed by atoms with E-state index in [2.05, 4.69) is 0 Å². The third-order valence-corrected chi connectivity index (χ3v) is 4.67. The number of nitro groups is 1. The lowest BCUT2D eigenvalue weighted by molar-refractivity contribution is -0.387. The molecule has 0 aromatic heterocycles. The van der Waals surface area contributed by atoms with Gasteiger partial charge in [0.1, 0.15) is 5.75 Å². The lowest BCUT2D eigenvalue weighted by Gasteiger charge is -2.18. The van der Waals surface area contributed by atoms with Gasteiger partial charge < -0.3 is 10.0 Å². The summed E-state index contributed by atoms with van der Waals surface area (Å²) in [4.78, 5) is 25.7. The summed E-state index contributed by atoms with van der Waals surface area (Å²) >= 11 is 1.09. The van der Waals surface area contributed by atoms with Gasteiger partial charge in [-0.15, -0.1) is 0 Å². The summed E-state index contributed by atoms with van der Waals surface area (Å²) in [6.45, 7) is 4.80. The van der Waals surface area contributed by atoms with Crippen LogP contribution in [0.15, 0.2) is 52.3 Å². The van der Waals surface area contributed by atoms with Crippen LogP contribution in [0.3, 0.4) is 0 Å². The van der Waals surface area contributed by atoms with Gasteiger partial charge in [0.2, 0.25) is 0 Å². The summed E-state index contributed by atoms with van der Waals surface area (Å²) in [5, 5.41) is 21.2. The molecule has 0 saturated carbocycles. The van der Waals surface area contributed by atoms with Crippen LogP contribution in [0.5, 0.6) is 5.75 Å². The average Bonchev–Trinajstić information content (AvgIpc) is 2.58. The van der Waals surface area contributed by atoms with E-state index in [-0.39, 0.29) is 22.9 Å². The van der Waals surface area contributed by atoms with E-state index >= 15 is 0 Å². The monoisotopic (exact) mass is 346 g/mol. The number of nitrogens with zero attached hydrogens (tertiary/aromatic N) is 2. The van der Waals surface area contributed by atoms with Crippen LogP contribution in [-0.2, 0) is 0 Å². The molecule has 0 fully saturated rings. The number of nitro benzene ring substituents is 1. The van der Waals surface area contributed by atoms with Crippen LogP contribution in [0.1, 0.15) is 24.2 Å². The van der Waals surface area contributed by atoms with Crippen molar-refractivity contribution in [3.63, 3.8) is 0 Å². The highest BCUT2D eigenvalue weighted by atomic mass is 32.2. The molecule has 0 atom stereocenters. The van der Waals surface area contributed by atoms with Gasteiger partial charge in [0, 0.05) is 24.7 Å². The van der Waals surface area contributed by atoms with E-state index in [4.69, 9.17) is 0 Å². The smallest absolute Gasteiger partial charge is 0.284 e. The summed E-state index contributed by atoms with van der Waals surface area (Å²) in [6.07, 6.45) is 0. The molecule has 2 aromatic rings. The minimum atomic E-state index is -0.513. The quantitative estimate of drug-likeness (QED) is 0.633. The first-order valence-corrected chi connectivity index (χ1v) is 8.33. The highest BCUT2D eigenvalue weighted by Gasteiger charge is 2.21. The minimum absolute atomic E-state index is 0.0556. The van der Waals surface area contributed by atoms with Crippen molar-refractivity contribution in [2.24, 2.45) is 0 Å². The van der Waals surface area contributed by atoms with E-state index in [1.165, 1.54) is 12.1 Å². The fourth-order valence-corrected chi connectivity index (χ4v) is 3.16. The Labute approximate surface area is 144 Å². The normalized spacial score (nSPS) is 10.4. The second-order valence-corrected chi connectivity index (χ2v) is 6.07. The molecule has 0 bridgehead atoms. The Morgan fingerprint density at radius 1 is 1.17 bits per heavy atom. The van der Waals surface area contributed by atoms with Gasteiger partial charge in [0.15, 0.2) is 0 Å². The van der Waals surface area contributed by atoms with E-state index in [0.717, 1.165) is 11.8 Å². The van der Waals surface area contributed by atoms with Crippen LogP contribution in [0.4, 0.5) is 5.69 Å². The maximum Gasteiger partial charge on any atom is 0.284 e. The first-order valence-electron chi connectivity index (χ1n) is 7.51. The van der Waals surface area contributed by atoms with Gasteiger partial charge in [-0.25, -0.2) is 0 Å². The molecule has 2 rings (SSSR count). The van der Waals surface area contributed by atoms with Crippen LogP contribution in [0.2, 0.25) is 0 Å². The van der Waals surface area contributed by atoms with E-state index in [9.17, 15) is 20.0 Å². The Kier molecular flexibility index (Phi) is 5.81. The molecule has 0 aliphatic carbocycles. The molecule has 1 amide bonds. The molecule has 0 saturated heterocycles. The topological polar surface area (TPSA) is 83.7 Å². The molecule has 126 valence electrons. The number of carbonyl (C=O) groups excluding carboxylic acids is 1. The number of benzene rings is 2. The molecular weight excluding hydrogens is 328 g/mol. The van der Waals surface area contributed by atoms with Gasteiger partial charge in [0.25, 0.3) is 11.6 Å². The number of aromatic hydroxyl groups is 1. The van der Waals surface area contributed by atoms with Crippen LogP contribution in [0.25, 0.3) is 0 Å². The molecule has 0 radical (unpaired) electrons. The molecule has 24 heavy (non-hydrogen) atoms. The number of hydrogen-bond donors (Lipinski definition) is 1. The van der Waals surface area contributed by atoms with Crippen molar-refractivity contribution in [1.29, 1.82) is 0 Å². The van der Waals surface area contributed by atoms with Crippen LogP contribution in [0, 0.1) is 10.1 Å². The fraction of sp³-hybridized carbons (Fsp3) is 0.235. The maximum atomic E-state index is 12.4. The lowest BCUT2D eigenvalue weighted by atomic mass is 10.1. The molecule has 0 aliphatic heterocycles. The first-order chi connectivity index (χ1) is 11.5. The van der Waals surface area contributed by atoms with Crippen LogP contribution >= 0.6 is 11.8 Å². The Morgan fingerprint density at radius 2 is 1.83 bits per heavy atom. The second kappa shape index (κ2) is 7.83. The van der Waals surface area contributed by atoms with Gasteiger partial charge in [-0.3, -0.25) is 14.9 Å². The minimum Gasteiger partial charge on any atom is -0.507 e. The third-order valence-electron chi connectivity index (χ3n) is 3.54. The van der Waals surface area contributed by atoms with E-state index < -0.39 is 4.92 Å². The van der Waals surface area contributed by atoms with Crippen molar-refractivity contribution in [3.8, 4) is 5.75 Å². The SMILES string of the molecule is CCN(CC)C(=O)c1ccc(Sc2ccccc2O)c([N+](=O)[O-])c1. The number of hydrogen-bond acceptors (Lipinski definition) is 5. The van der Waals surface area contributed by atoms with Crippen molar-refractivity contribution < 1.29 is 14.8 Å². The summed E-state index contributed by atoms with van der Waals surface area (Å²) in [7, 11) is 0. The van der Waals surface area contributed by atoms with Crippen molar-refractivity contribution in [2.45, 2.75) is 23.6 Å². The predicted molar refractivity (Wildman–Crippen MR) is 92.6 cm³/mol. The molecule has 6 nitrogen and oxygen atoms in total. The van der Waals surface area contributed by atoms with Crippen molar-refractivity contribution in [2.75, 3.05) is 13.1 Å². The zero-order valence-corrected chi connectivity index (χ0v) is 14.2. The third kappa shape index (κ3) is 3.86. The van der Waals surface area contributed by atoms with Gasteiger partial charge in [-0.2, -0.15) is 0 Å².